The van der Waals surface area contributed by atoms with Gasteiger partial charge in [-0.1, -0.05) is 25.4 Å². The minimum atomic E-state index is 0.636. The maximum absolute atomic E-state index is 5.76. The summed E-state index contributed by atoms with van der Waals surface area (Å²) in [6.07, 6.45) is 3.10. The van der Waals surface area contributed by atoms with Crippen molar-refractivity contribution in [3.8, 4) is 0 Å². The third-order valence-corrected chi connectivity index (χ3v) is 3.14. The molecule has 2 nitrogen and oxygen atoms in total. The highest BCUT2D eigenvalue weighted by Crippen LogP contribution is 2.19. The van der Waals surface area contributed by atoms with Crippen LogP contribution in [0.25, 0.3) is 0 Å². The SMILES string of the molecule is CC(C)CCN(C)Cc1cnc(Cl)s1. The fourth-order valence-corrected chi connectivity index (χ4v) is 2.24. The Balaban J connectivity index is 2.30. The van der Waals surface area contributed by atoms with Crippen molar-refractivity contribution in [2.24, 2.45) is 5.92 Å². The molecule has 0 aliphatic rings. The van der Waals surface area contributed by atoms with Gasteiger partial charge in [0.15, 0.2) is 4.47 Å². The Kier molecular flexibility index (Phi) is 4.85. The van der Waals surface area contributed by atoms with Gasteiger partial charge in [0.05, 0.1) is 0 Å². The quantitative estimate of drug-likeness (QED) is 0.775. The van der Waals surface area contributed by atoms with Gasteiger partial charge >= 0.3 is 0 Å². The van der Waals surface area contributed by atoms with Crippen LogP contribution < -0.4 is 0 Å². The molecule has 1 aromatic heterocycles. The molecule has 0 fully saturated rings. The Morgan fingerprint density at radius 3 is 2.79 bits per heavy atom. The molecule has 1 heterocycles. The lowest BCUT2D eigenvalue weighted by Gasteiger charge is -2.16. The van der Waals surface area contributed by atoms with Crippen molar-refractivity contribution in [1.82, 2.24) is 9.88 Å². The average molecular weight is 233 g/mol. The van der Waals surface area contributed by atoms with E-state index in [1.807, 2.05) is 6.20 Å². The standard InChI is InChI=1S/C10H17ClN2S/c1-8(2)4-5-13(3)7-9-6-12-10(11)14-9/h6,8H,4-5,7H2,1-3H3. The summed E-state index contributed by atoms with van der Waals surface area (Å²) in [5.74, 6) is 0.766. The van der Waals surface area contributed by atoms with Crippen molar-refractivity contribution < 1.29 is 0 Å². The van der Waals surface area contributed by atoms with Gasteiger partial charge in [0.25, 0.3) is 0 Å². The van der Waals surface area contributed by atoms with E-state index in [9.17, 15) is 0 Å². The molecule has 80 valence electrons. The maximum atomic E-state index is 5.76. The van der Waals surface area contributed by atoms with Crippen LogP contribution in [-0.4, -0.2) is 23.5 Å². The van der Waals surface area contributed by atoms with Crippen molar-refractivity contribution in [1.29, 1.82) is 0 Å². The van der Waals surface area contributed by atoms with E-state index in [2.05, 4.69) is 30.8 Å². The number of hydrogen-bond donors (Lipinski definition) is 0. The first-order valence-corrected chi connectivity index (χ1v) is 6.06. The van der Waals surface area contributed by atoms with Crippen LogP contribution in [0.2, 0.25) is 4.47 Å². The molecule has 0 aliphatic heterocycles. The van der Waals surface area contributed by atoms with E-state index >= 15 is 0 Å². The Hall–Kier alpha value is -0.120. The van der Waals surface area contributed by atoms with Crippen LogP contribution in [0.5, 0.6) is 0 Å². The second-order valence-electron chi connectivity index (χ2n) is 4.00. The summed E-state index contributed by atoms with van der Waals surface area (Å²) >= 11 is 7.32. The molecule has 0 aromatic carbocycles. The predicted molar refractivity (Wildman–Crippen MR) is 62.9 cm³/mol. The molecule has 4 heteroatoms. The molecule has 0 N–H and O–H groups in total. The molecular weight excluding hydrogens is 216 g/mol. The molecule has 1 rings (SSSR count). The van der Waals surface area contributed by atoms with E-state index in [1.54, 1.807) is 11.3 Å². The maximum Gasteiger partial charge on any atom is 0.183 e. The highest BCUT2D eigenvalue weighted by Gasteiger charge is 2.04. The van der Waals surface area contributed by atoms with Gasteiger partial charge in [0.1, 0.15) is 0 Å². The molecular formula is C10H17ClN2S. The molecule has 0 unspecified atom stereocenters. The number of halogens is 1. The normalized spacial score (nSPS) is 11.6. The number of hydrogen-bond acceptors (Lipinski definition) is 3. The monoisotopic (exact) mass is 232 g/mol. The molecule has 0 radical (unpaired) electrons. The van der Waals surface area contributed by atoms with Crippen LogP contribution in [0.4, 0.5) is 0 Å². The lowest BCUT2D eigenvalue weighted by Crippen LogP contribution is -2.19. The highest BCUT2D eigenvalue weighted by atomic mass is 35.5. The van der Waals surface area contributed by atoms with Crippen LogP contribution in [0, 0.1) is 5.92 Å². The van der Waals surface area contributed by atoms with E-state index in [-0.39, 0.29) is 0 Å². The van der Waals surface area contributed by atoms with Gasteiger partial charge in [-0.25, -0.2) is 4.98 Å². The zero-order chi connectivity index (χ0) is 10.6. The summed E-state index contributed by atoms with van der Waals surface area (Å²) < 4.78 is 0.636. The van der Waals surface area contributed by atoms with Crippen molar-refractivity contribution in [3.63, 3.8) is 0 Å². The Morgan fingerprint density at radius 1 is 1.57 bits per heavy atom. The van der Waals surface area contributed by atoms with Crippen molar-refractivity contribution in [2.75, 3.05) is 13.6 Å². The summed E-state index contributed by atoms with van der Waals surface area (Å²) in [6, 6.07) is 0. The lowest BCUT2D eigenvalue weighted by molar-refractivity contribution is 0.306. The van der Waals surface area contributed by atoms with E-state index in [0.29, 0.717) is 4.47 Å². The predicted octanol–water partition coefficient (Wildman–Crippen LogP) is 3.27. The number of thiazole rings is 1. The summed E-state index contributed by atoms with van der Waals surface area (Å²) in [4.78, 5) is 7.57. The first-order chi connectivity index (χ1) is 6.58. The second kappa shape index (κ2) is 5.69. The first kappa shape index (κ1) is 12.0. The Morgan fingerprint density at radius 2 is 2.29 bits per heavy atom. The average Bonchev–Trinajstić information content (AvgIpc) is 2.48. The van der Waals surface area contributed by atoms with Crippen molar-refractivity contribution in [2.45, 2.75) is 26.8 Å². The number of nitrogens with zero attached hydrogens (tertiary/aromatic N) is 2. The van der Waals surface area contributed by atoms with Crippen molar-refractivity contribution in [3.05, 3.63) is 15.5 Å². The fraction of sp³-hybridized carbons (Fsp3) is 0.700. The minimum absolute atomic E-state index is 0.636. The largest absolute Gasteiger partial charge is 0.301 e. The zero-order valence-corrected chi connectivity index (χ0v) is 10.5. The zero-order valence-electron chi connectivity index (χ0n) is 8.96. The van der Waals surface area contributed by atoms with Gasteiger partial charge in [-0.3, -0.25) is 0 Å². The molecule has 0 aliphatic carbocycles. The van der Waals surface area contributed by atoms with Gasteiger partial charge < -0.3 is 4.90 Å². The number of aromatic nitrogens is 1. The molecule has 1 aromatic rings. The topological polar surface area (TPSA) is 16.1 Å². The summed E-state index contributed by atoms with van der Waals surface area (Å²) in [6.45, 7) is 6.58. The second-order valence-corrected chi connectivity index (χ2v) is 5.70. The van der Waals surface area contributed by atoms with Gasteiger partial charge in [0, 0.05) is 17.6 Å². The molecule has 0 spiro atoms. The Labute approximate surface area is 94.9 Å². The molecule has 14 heavy (non-hydrogen) atoms. The molecule has 0 saturated carbocycles. The first-order valence-electron chi connectivity index (χ1n) is 4.86. The van der Waals surface area contributed by atoms with Gasteiger partial charge in [-0.05, 0) is 25.9 Å². The van der Waals surface area contributed by atoms with Gasteiger partial charge in [-0.2, -0.15) is 0 Å². The summed E-state index contributed by atoms with van der Waals surface area (Å²) in [5, 5.41) is 0. The number of rotatable bonds is 5. The van der Waals surface area contributed by atoms with Crippen LogP contribution in [-0.2, 0) is 6.54 Å². The summed E-state index contributed by atoms with van der Waals surface area (Å²) in [7, 11) is 2.13. The highest BCUT2D eigenvalue weighted by molar-refractivity contribution is 7.15. The van der Waals surface area contributed by atoms with Crippen molar-refractivity contribution >= 4 is 22.9 Å². The van der Waals surface area contributed by atoms with Crippen LogP contribution >= 0.6 is 22.9 Å². The van der Waals surface area contributed by atoms with E-state index in [0.717, 1.165) is 19.0 Å². The molecule has 0 atom stereocenters. The molecule has 0 bridgehead atoms. The van der Waals surface area contributed by atoms with Crippen LogP contribution in [0.15, 0.2) is 6.20 Å². The summed E-state index contributed by atoms with van der Waals surface area (Å²) in [5.41, 5.74) is 0. The fourth-order valence-electron chi connectivity index (χ4n) is 1.18. The lowest BCUT2D eigenvalue weighted by atomic mass is 10.1. The molecule has 0 saturated heterocycles. The smallest absolute Gasteiger partial charge is 0.183 e. The van der Waals surface area contributed by atoms with E-state index in [1.165, 1.54) is 11.3 Å². The van der Waals surface area contributed by atoms with E-state index < -0.39 is 0 Å². The third-order valence-electron chi connectivity index (χ3n) is 2.04. The van der Waals surface area contributed by atoms with Gasteiger partial charge in [-0.15, -0.1) is 11.3 Å². The van der Waals surface area contributed by atoms with Gasteiger partial charge in [0.2, 0.25) is 0 Å². The van der Waals surface area contributed by atoms with Crippen LogP contribution in [0.1, 0.15) is 25.1 Å². The molecule has 0 amide bonds. The third kappa shape index (κ3) is 4.40. The van der Waals surface area contributed by atoms with Crippen LogP contribution in [0.3, 0.4) is 0 Å². The van der Waals surface area contributed by atoms with E-state index in [4.69, 9.17) is 11.6 Å². The Bertz CT molecular complexity index is 273. The minimum Gasteiger partial charge on any atom is -0.301 e.